The van der Waals surface area contributed by atoms with E-state index in [0.717, 1.165) is 0 Å². The van der Waals surface area contributed by atoms with E-state index in [1.807, 2.05) is 0 Å². The van der Waals surface area contributed by atoms with Gasteiger partial charge in [0.25, 0.3) is 5.09 Å². The van der Waals surface area contributed by atoms with Crippen molar-refractivity contribution in [2.45, 2.75) is 0 Å². The van der Waals surface area contributed by atoms with E-state index >= 15 is 0 Å². The zero-order chi connectivity index (χ0) is 6.78. The SMILES string of the molecule is [2H]C([2H])([2H])O[N+](=O)[O-]. The molecule has 4 nitrogen and oxygen atoms in total. The Labute approximate surface area is 32.7 Å². The van der Waals surface area contributed by atoms with Gasteiger partial charge < -0.3 is 4.84 Å². The van der Waals surface area contributed by atoms with Crippen LogP contribution in [0.3, 0.4) is 0 Å². The van der Waals surface area contributed by atoms with Gasteiger partial charge in [-0.25, -0.2) is 0 Å². The van der Waals surface area contributed by atoms with Crippen LogP contribution in [0.4, 0.5) is 0 Å². The standard InChI is InChI=1S/CH3NO3/c1-5-2(3)4/h1H3/i1D3. The maximum atomic E-state index is 9.24. The molecule has 0 aromatic carbocycles. The van der Waals surface area contributed by atoms with E-state index < -0.39 is 12.1 Å². The molecule has 0 aromatic rings. The average Bonchev–Trinajstić information content (AvgIpc) is 1.21. The van der Waals surface area contributed by atoms with Crippen molar-refractivity contribution in [1.82, 2.24) is 0 Å². The summed E-state index contributed by atoms with van der Waals surface area (Å²) in [7, 11) is -2.93. The van der Waals surface area contributed by atoms with E-state index in [1.165, 1.54) is 0 Å². The van der Waals surface area contributed by atoms with Crippen LogP contribution in [0.25, 0.3) is 0 Å². The van der Waals surface area contributed by atoms with Gasteiger partial charge in [-0.15, -0.1) is 10.1 Å². The van der Waals surface area contributed by atoms with Crippen LogP contribution in [-0.2, 0) is 4.84 Å². The molecule has 0 radical (unpaired) electrons. The first-order chi connectivity index (χ1) is 3.42. The molecule has 0 atom stereocenters. The van der Waals surface area contributed by atoms with E-state index in [1.54, 1.807) is 0 Å². The fraction of sp³-hybridized carbons (Fsp3) is 1.00. The fourth-order valence-electron chi connectivity index (χ4n) is 0. The second-order valence-corrected chi connectivity index (χ2v) is 0.315. The summed E-state index contributed by atoms with van der Waals surface area (Å²) in [6.07, 6.45) is 0. The second kappa shape index (κ2) is 1.51. The fourth-order valence-corrected chi connectivity index (χ4v) is 0. The number of hydrogen-bond donors (Lipinski definition) is 0. The molecule has 0 fully saturated rings. The second-order valence-electron chi connectivity index (χ2n) is 0.315. The van der Waals surface area contributed by atoms with Gasteiger partial charge in [0, 0.05) is 0 Å². The van der Waals surface area contributed by atoms with Crippen LogP contribution < -0.4 is 0 Å². The molecule has 0 rings (SSSR count). The Morgan fingerprint density at radius 3 is 3.00 bits per heavy atom. The molecule has 0 unspecified atom stereocenters. The molecule has 4 heteroatoms. The molecular weight excluding hydrogens is 74.0 g/mol. The molecule has 0 aliphatic heterocycles. The molecular formula is CH3NO3. The topological polar surface area (TPSA) is 52.4 Å². The molecule has 0 bridgehead atoms. The van der Waals surface area contributed by atoms with Crippen molar-refractivity contribution in [2.75, 3.05) is 7.04 Å². The maximum Gasteiger partial charge on any atom is 0.294 e. The smallest absolute Gasteiger partial charge is 0.294 e. The lowest BCUT2D eigenvalue weighted by atomic mass is 11.7. The van der Waals surface area contributed by atoms with Crippen molar-refractivity contribution in [2.24, 2.45) is 0 Å². The normalized spacial score (nSPS) is 18.0. The lowest BCUT2D eigenvalue weighted by Crippen LogP contribution is -1.91. The summed E-state index contributed by atoms with van der Waals surface area (Å²) < 4.78 is 18.4. The van der Waals surface area contributed by atoms with E-state index in [-0.39, 0.29) is 0 Å². The number of hydrogen-bond acceptors (Lipinski definition) is 3. The molecule has 0 aliphatic rings. The molecule has 0 N–H and O–H groups in total. The molecule has 0 spiro atoms. The molecule has 0 saturated heterocycles. The molecule has 0 saturated carbocycles. The average molecular weight is 80.1 g/mol. The number of rotatable bonds is 1. The molecule has 0 aliphatic carbocycles. The molecule has 0 aromatic heterocycles. The Balaban J connectivity index is 3.55. The molecule has 0 amide bonds. The Morgan fingerprint density at radius 1 is 2.40 bits per heavy atom. The first-order valence-electron chi connectivity index (χ1n) is 2.25. The van der Waals surface area contributed by atoms with Crippen molar-refractivity contribution >= 4 is 0 Å². The lowest BCUT2D eigenvalue weighted by molar-refractivity contribution is -0.749. The summed E-state index contributed by atoms with van der Waals surface area (Å²) in [5, 5.41) is 7.88. The van der Waals surface area contributed by atoms with Gasteiger partial charge in [-0.05, 0) is 0 Å². The lowest BCUT2D eigenvalue weighted by Gasteiger charge is -1.75. The molecule has 0 heterocycles. The first-order valence-corrected chi connectivity index (χ1v) is 0.752. The monoisotopic (exact) mass is 80.0 g/mol. The minimum Gasteiger partial charge on any atom is -0.317 e. The van der Waals surface area contributed by atoms with Crippen molar-refractivity contribution in [1.29, 1.82) is 0 Å². The molecule has 5 heavy (non-hydrogen) atoms. The van der Waals surface area contributed by atoms with E-state index in [2.05, 4.69) is 4.84 Å². The Bertz CT molecular complexity index is 97.2. The van der Waals surface area contributed by atoms with Gasteiger partial charge in [0.1, 0.15) is 0 Å². The van der Waals surface area contributed by atoms with Gasteiger partial charge in [0.05, 0.1) is 11.2 Å². The van der Waals surface area contributed by atoms with Gasteiger partial charge in [-0.1, -0.05) is 0 Å². The number of nitrogens with zero attached hydrogens (tertiary/aromatic N) is 1. The van der Waals surface area contributed by atoms with Crippen LogP contribution in [-0.4, -0.2) is 12.1 Å². The van der Waals surface area contributed by atoms with E-state index in [0.29, 0.717) is 0 Å². The highest BCUT2D eigenvalue weighted by Crippen LogP contribution is 1.57. The minimum absolute atomic E-state index is 1.35. The van der Waals surface area contributed by atoms with Crippen LogP contribution in [0, 0.1) is 10.1 Å². The highest BCUT2D eigenvalue weighted by atomic mass is 16.9. The van der Waals surface area contributed by atoms with Crippen LogP contribution in [0.15, 0.2) is 0 Å². The third-order valence-electron chi connectivity index (χ3n) is 0.0745. The Kier molecular flexibility index (Phi) is 0.338. The summed E-state index contributed by atoms with van der Waals surface area (Å²) in [6, 6.07) is 0. The highest BCUT2D eigenvalue weighted by molar-refractivity contribution is 3.86. The summed E-state index contributed by atoms with van der Waals surface area (Å²) >= 11 is 0. The van der Waals surface area contributed by atoms with Gasteiger partial charge in [0.15, 0.2) is 0 Å². The first kappa shape index (κ1) is 1.12. The third-order valence-corrected chi connectivity index (χ3v) is 0.0745. The largest absolute Gasteiger partial charge is 0.317 e. The van der Waals surface area contributed by atoms with Crippen molar-refractivity contribution in [3.05, 3.63) is 10.1 Å². The zero-order valence-electron chi connectivity index (χ0n) is 5.17. The van der Waals surface area contributed by atoms with Crippen LogP contribution in [0.2, 0.25) is 0 Å². The van der Waals surface area contributed by atoms with E-state index in [9.17, 15) is 10.1 Å². The maximum absolute atomic E-state index is 9.24. The van der Waals surface area contributed by atoms with Crippen molar-refractivity contribution in [3.63, 3.8) is 0 Å². The van der Waals surface area contributed by atoms with Crippen LogP contribution >= 0.6 is 0 Å². The van der Waals surface area contributed by atoms with Crippen molar-refractivity contribution in [3.8, 4) is 0 Å². The minimum atomic E-state index is -2.93. The quantitative estimate of drug-likeness (QED) is 0.324. The Hall–Kier alpha value is -0.800. The van der Waals surface area contributed by atoms with Crippen LogP contribution in [0.5, 0.6) is 0 Å². The predicted octanol–water partition coefficient (Wildman–Crippen LogP) is -0.175. The summed E-state index contributed by atoms with van der Waals surface area (Å²) in [5.41, 5.74) is 0. The van der Waals surface area contributed by atoms with Gasteiger partial charge in [0.2, 0.25) is 0 Å². The summed E-state index contributed by atoms with van der Waals surface area (Å²) in [5.74, 6) is 0. The van der Waals surface area contributed by atoms with Gasteiger partial charge >= 0.3 is 0 Å². The predicted molar refractivity (Wildman–Crippen MR) is 14.0 cm³/mol. The summed E-state index contributed by atoms with van der Waals surface area (Å²) in [4.78, 5) is 12.4. The highest BCUT2D eigenvalue weighted by Gasteiger charge is 1.77. The Morgan fingerprint density at radius 2 is 3.00 bits per heavy atom. The van der Waals surface area contributed by atoms with Gasteiger partial charge in [-0.3, -0.25) is 0 Å². The zero-order valence-corrected chi connectivity index (χ0v) is 2.17. The van der Waals surface area contributed by atoms with E-state index in [4.69, 9.17) is 4.11 Å². The van der Waals surface area contributed by atoms with Crippen LogP contribution in [0.1, 0.15) is 4.11 Å². The van der Waals surface area contributed by atoms with Crippen molar-refractivity contribution < 1.29 is 14.0 Å². The summed E-state index contributed by atoms with van der Waals surface area (Å²) in [6.45, 7) is 0. The van der Waals surface area contributed by atoms with Gasteiger partial charge in [-0.2, -0.15) is 0 Å². The molecule has 30 valence electrons. The third kappa shape index (κ3) is 3.20.